The first-order valence-corrected chi connectivity index (χ1v) is 5.58. The van der Waals surface area contributed by atoms with E-state index in [4.69, 9.17) is 27.9 Å². The second-order valence-electron chi connectivity index (χ2n) is 3.19. The van der Waals surface area contributed by atoms with E-state index in [0.717, 1.165) is 12.8 Å². The molecule has 0 atom stereocenters. The van der Waals surface area contributed by atoms with Gasteiger partial charge in [0.25, 0.3) is 0 Å². The summed E-state index contributed by atoms with van der Waals surface area (Å²) in [5.41, 5.74) is -0.286. The summed E-state index contributed by atoms with van der Waals surface area (Å²) in [5.74, 6) is 0.453. The van der Waals surface area contributed by atoms with Gasteiger partial charge < -0.3 is 4.74 Å². The number of nitro benzene ring substituents is 1. The molecule has 0 saturated heterocycles. The molecule has 6 heteroatoms. The summed E-state index contributed by atoms with van der Waals surface area (Å²) < 4.78 is 5.35. The van der Waals surface area contributed by atoms with Crippen molar-refractivity contribution in [2.75, 3.05) is 6.61 Å². The topological polar surface area (TPSA) is 52.4 Å². The highest BCUT2D eigenvalue weighted by Crippen LogP contribution is 2.36. The van der Waals surface area contributed by atoms with E-state index in [1.807, 2.05) is 6.92 Å². The van der Waals surface area contributed by atoms with Crippen molar-refractivity contribution in [2.45, 2.75) is 19.8 Å². The van der Waals surface area contributed by atoms with E-state index >= 15 is 0 Å². The molecule has 0 fully saturated rings. The highest BCUT2D eigenvalue weighted by Gasteiger charge is 2.19. The minimum atomic E-state index is -0.611. The van der Waals surface area contributed by atoms with Gasteiger partial charge in [-0.05, 0) is 6.42 Å². The fraction of sp³-hybridized carbons (Fsp3) is 0.400. The molecule has 0 aliphatic carbocycles. The van der Waals surface area contributed by atoms with Crippen LogP contribution in [-0.4, -0.2) is 11.5 Å². The molecule has 1 aromatic carbocycles. The molecule has 4 nitrogen and oxygen atoms in total. The Hall–Kier alpha value is -1.00. The predicted octanol–water partition coefficient (Wildman–Crippen LogP) is 4.08. The van der Waals surface area contributed by atoms with Crippen LogP contribution in [0.5, 0.6) is 5.75 Å². The van der Waals surface area contributed by atoms with Gasteiger partial charge in [0.05, 0.1) is 11.5 Å². The summed E-state index contributed by atoms with van der Waals surface area (Å²) in [5, 5.41) is 10.6. The average Bonchev–Trinajstić information content (AvgIpc) is 2.16. The van der Waals surface area contributed by atoms with Crippen molar-refractivity contribution < 1.29 is 9.66 Å². The number of halogens is 2. The predicted molar refractivity (Wildman–Crippen MR) is 63.5 cm³/mol. The van der Waals surface area contributed by atoms with Crippen molar-refractivity contribution in [3.8, 4) is 5.75 Å². The molecule has 0 aliphatic rings. The third kappa shape index (κ3) is 3.25. The van der Waals surface area contributed by atoms with Gasteiger partial charge in [0, 0.05) is 12.1 Å². The Morgan fingerprint density at radius 1 is 1.38 bits per heavy atom. The molecule has 0 radical (unpaired) electrons. The van der Waals surface area contributed by atoms with Crippen molar-refractivity contribution in [2.24, 2.45) is 0 Å². The molecule has 0 N–H and O–H groups in total. The molecule has 0 amide bonds. The molecular formula is C10H11Cl2NO3. The van der Waals surface area contributed by atoms with Gasteiger partial charge in [0.1, 0.15) is 15.8 Å². The van der Waals surface area contributed by atoms with Crippen LogP contribution in [0.15, 0.2) is 12.1 Å². The second kappa shape index (κ2) is 5.92. The van der Waals surface area contributed by atoms with Gasteiger partial charge in [0.2, 0.25) is 0 Å². The fourth-order valence-corrected chi connectivity index (χ4v) is 1.74. The van der Waals surface area contributed by atoms with Crippen LogP contribution in [-0.2, 0) is 0 Å². The van der Waals surface area contributed by atoms with E-state index in [1.54, 1.807) is 0 Å². The molecule has 0 bridgehead atoms. The number of ether oxygens (including phenoxy) is 1. The lowest BCUT2D eigenvalue weighted by molar-refractivity contribution is -0.384. The third-order valence-electron chi connectivity index (χ3n) is 1.94. The van der Waals surface area contributed by atoms with Crippen LogP contribution < -0.4 is 4.74 Å². The van der Waals surface area contributed by atoms with Crippen LogP contribution in [0.3, 0.4) is 0 Å². The van der Waals surface area contributed by atoms with Crippen molar-refractivity contribution in [3.63, 3.8) is 0 Å². The molecule has 0 spiro atoms. The van der Waals surface area contributed by atoms with Crippen LogP contribution in [0.25, 0.3) is 0 Å². The van der Waals surface area contributed by atoms with Gasteiger partial charge in [-0.1, -0.05) is 36.5 Å². The highest BCUT2D eigenvalue weighted by atomic mass is 35.5. The summed E-state index contributed by atoms with van der Waals surface area (Å²) in [6.07, 6.45) is 1.92. The number of unbranched alkanes of at least 4 members (excludes halogenated alkanes) is 1. The van der Waals surface area contributed by atoms with E-state index in [-0.39, 0.29) is 15.7 Å². The van der Waals surface area contributed by atoms with Crippen LogP contribution in [0.4, 0.5) is 5.69 Å². The summed E-state index contributed by atoms with van der Waals surface area (Å²) >= 11 is 11.5. The van der Waals surface area contributed by atoms with E-state index < -0.39 is 4.92 Å². The maximum Gasteiger partial charge on any atom is 0.306 e. The van der Waals surface area contributed by atoms with Crippen LogP contribution in [0.1, 0.15) is 19.8 Å². The lowest BCUT2D eigenvalue weighted by Gasteiger charge is -2.06. The minimum Gasteiger partial charge on any atom is -0.493 e. The largest absolute Gasteiger partial charge is 0.493 e. The summed E-state index contributed by atoms with van der Waals surface area (Å²) in [6, 6.07) is 2.81. The number of benzene rings is 1. The monoisotopic (exact) mass is 263 g/mol. The van der Waals surface area contributed by atoms with Crippen LogP contribution in [0, 0.1) is 10.1 Å². The van der Waals surface area contributed by atoms with Gasteiger partial charge in [-0.25, -0.2) is 0 Å². The van der Waals surface area contributed by atoms with E-state index in [0.29, 0.717) is 12.4 Å². The molecule has 0 unspecified atom stereocenters. The normalized spacial score (nSPS) is 10.2. The van der Waals surface area contributed by atoms with Crippen LogP contribution in [0.2, 0.25) is 10.0 Å². The second-order valence-corrected chi connectivity index (χ2v) is 4.01. The number of nitro groups is 1. The van der Waals surface area contributed by atoms with Crippen molar-refractivity contribution in [1.82, 2.24) is 0 Å². The minimum absolute atomic E-state index is 0.0102. The smallest absolute Gasteiger partial charge is 0.306 e. The average molecular weight is 264 g/mol. The molecular weight excluding hydrogens is 253 g/mol. The van der Waals surface area contributed by atoms with Gasteiger partial charge in [-0.2, -0.15) is 0 Å². The Bertz CT molecular complexity index is 373. The lowest BCUT2D eigenvalue weighted by atomic mass is 10.3. The van der Waals surface area contributed by atoms with E-state index in [1.165, 1.54) is 12.1 Å². The molecule has 1 aromatic rings. The quantitative estimate of drug-likeness (QED) is 0.457. The zero-order valence-corrected chi connectivity index (χ0v) is 10.2. The molecule has 0 heterocycles. The molecule has 0 aliphatic heterocycles. The lowest BCUT2D eigenvalue weighted by Crippen LogP contribution is -1.98. The zero-order valence-electron chi connectivity index (χ0n) is 8.70. The molecule has 16 heavy (non-hydrogen) atoms. The zero-order chi connectivity index (χ0) is 12.1. The summed E-state index contributed by atoms with van der Waals surface area (Å²) in [6.45, 7) is 2.58. The Balaban J connectivity index is 2.87. The SMILES string of the molecule is CCCCOc1cc(Cl)c([N+](=O)[O-])c(Cl)c1. The maximum absolute atomic E-state index is 10.6. The summed E-state index contributed by atoms with van der Waals surface area (Å²) in [7, 11) is 0. The van der Waals surface area contributed by atoms with Crippen molar-refractivity contribution >= 4 is 28.9 Å². The van der Waals surface area contributed by atoms with Gasteiger partial charge >= 0.3 is 5.69 Å². The molecule has 1 rings (SSSR count). The Morgan fingerprint density at radius 2 is 1.94 bits per heavy atom. The first kappa shape index (κ1) is 13.1. The summed E-state index contributed by atoms with van der Waals surface area (Å²) in [4.78, 5) is 10.00. The van der Waals surface area contributed by atoms with Gasteiger partial charge in [0.15, 0.2) is 0 Å². The van der Waals surface area contributed by atoms with Gasteiger partial charge in [-0.15, -0.1) is 0 Å². The number of nitrogens with zero attached hydrogens (tertiary/aromatic N) is 1. The molecule has 88 valence electrons. The van der Waals surface area contributed by atoms with Gasteiger partial charge in [-0.3, -0.25) is 10.1 Å². The Labute approximate surface area is 103 Å². The Kier molecular flexibility index (Phi) is 4.83. The standard InChI is InChI=1S/C10H11Cl2NO3/c1-2-3-4-16-7-5-8(11)10(13(14)15)9(12)6-7/h5-6H,2-4H2,1H3. The maximum atomic E-state index is 10.6. The Morgan fingerprint density at radius 3 is 2.38 bits per heavy atom. The van der Waals surface area contributed by atoms with Crippen LogP contribution >= 0.6 is 23.2 Å². The fourth-order valence-electron chi connectivity index (χ4n) is 1.13. The first-order chi connectivity index (χ1) is 7.56. The van der Waals surface area contributed by atoms with Crippen molar-refractivity contribution in [3.05, 3.63) is 32.3 Å². The highest BCUT2D eigenvalue weighted by molar-refractivity contribution is 6.38. The number of rotatable bonds is 5. The number of hydrogen-bond acceptors (Lipinski definition) is 3. The van der Waals surface area contributed by atoms with Crippen molar-refractivity contribution in [1.29, 1.82) is 0 Å². The first-order valence-electron chi connectivity index (χ1n) is 4.82. The van der Waals surface area contributed by atoms with E-state index in [9.17, 15) is 10.1 Å². The number of hydrogen-bond donors (Lipinski definition) is 0. The third-order valence-corrected chi connectivity index (χ3v) is 2.52. The molecule has 0 aromatic heterocycles. The molecule has 0 saturated carbocycles. The van der Waals surface area contributed by atoms with E-state index in [2.05, 4.69) is 0 Å².